The summed E-state index contributed by atoms with van der Waals surface area (Å²) in [6.45, 7) is 0.533. The highest BCUT2D eigenvalue weighted by Crippen LogP contribution is 2.21. The lowest BCUT2D eigenvalue weighted by Gasteiger charge is -2.09. The van der Waals surface area contributed by atoms with Crippen LogP contribution in [0.4, 0.5) is 18.9 Å². The molecule has 0 aromatic heterocycles. The topological polar surface area (TPSA) is 58.2 Å². The Morgan fingerprint density at radius 1 is 1.20 bits per heavy atom. The fourth-order valence-electron chi connectivity index (χ4n) is 1.70. The molecule has 4 nitrogen and oxygen atoms in total. The van der Waals surface area contributed by atoms with Crippen molar-refractivity contribution in [2.24, 2.45) is 0 Å². The molecule has 0 aliphatic heterocycles. The molecule has 0 atom stereocenters. The van der Waals surface area contributed by atoms with Crippen molar-refractivity contribution < 1.29 is 21.6 Å². The minimum Gasteiger partial charge on any atom is -0.314 e. The van der Waals surface area contributed by atoms with E-state index in [1.54, 1.807) is 0 Å². The molecule has 0 radical (unpaired) electrons. The first-order chi connectivity index (χ1) is 9.37. The molecule has 0 unspecified atom stereocenters. The largest absolute Gasteiger partial charge is 0.314 e. The quantitative estimate of drug-likeness (QED) is 0.598. The average Bonchev–Trinajstić information content (AvgIpc) is 3.15. The maximum atomic E-state index is 13.3. The van der Waals surface area contributed by atoms with E-state index in [4.69, 9.17) is 0 Å². The van der Waals surface area contributed by atoms with E-state index in [1.165, 1.54) is 0 Å². The highest BCUT2D eigenvalue weighted by Gasteiger charge is 2.21. The third-order valence-electron chi connectivity index (χ3n) is 2.86. The lowest BCUT2D eigenvalue weighted by Crippen LogP contribution is -2.23. The van der Waals surface area contributed by atoms with Crippen molar-refractivity contribution >= 4 is 15.7 Å². The van der Waals surface area contributed by atoms with Crippen molar-refractivity contribution in [1.29, 1.82) is 0 Å². The van der Waals surface area contributed by atoms with Crippen LogP contribution in [-0.4, -0.2) is 26.8 Å². The van der Waals surface area contributed by atoms with Crippen LogP contribution in [0.1, 0.15) is 19.3 Å². The molecule has 0 spiro atoms. The van der Waals surface area contributed by atoms with Crippen LogP contribution in [0, 0.1) is 17.5 Å². The number of anilines is 1. The highest BCUT2D eigenvalue weighted by atomic mass is 32.2. The van der Waals surface area contributed by atoms with E-state index in [0.717, 1.165) is 12.8 Å². The van der Waals surface area contributed by atoms with Crippen LogP contribution >= 0.6 is 0 Å². The zero-order chi connectivity index (χ0) is 14.8. The normalized spacial score (nSPS) is 15.3. The Hall–Kier alpha value is -1.28. The summed E-state index contributed by atoms with van der Waals surface area (Å²) in [5.41, 5.74) is -0.711. The number of rotatable bonds is 7. The van der Waals surface area contributed by atoms with Gasteiger partial charge in [-0.15, -0.1) is 0 Å². The van der Waals surface area contributed by atoms with Crippen LogP contribution in [0.2, 0.25) is 0 Å². The van der Waals surface area contributed by atoms with Crippen LogP contribution in [0.3, 0.4) is 0 Å². The van der Waals surface area contributed by atoms with E-state index in [1.807, 2.05) is 4.72 Å². The number of hydrogen-bond acceptors (Lipinski definition) is 3. The number of hydrogen-bond donors (Lipinski definition) is 2. The molecule has 1 aromatic rings. The van der Waals surface area contributed by atoms with Gasteiger partial charge in [-0.2, -0.15) is 0 Å². The monoisotopic (exact) mass is 308 g/mol. The third kappa shape index (κ3) is 4.38. The van der Waals surface area contributed by atoms with Crippen LogP contribution in [0.15, 0.2) is 12.1 Å². The number of benzene rings is 1. The lowest BCUT2D eigenvalue weighted by molar-refractivity contribution is 0.498. The first-order valence-electron chi connectivity index (χ1n) is 6.26. The minimum absolute atomic E-state index is 0.246. The summed E-state index contributed by atoms with van der Waals surface area (Å²) in [5, 5.41) is 3.14. The standard InChI is InChI=1S/C12H15F3N2O2S/c13-8-6-10(14)12(15)11(7-8)17-20(18,19)5-1-4-16-9-2-3-9/h6-7,9,16-17H,1-5H2. The summed E-state index contributed by atoms with van der Waals surface area (Å²) < 4.78 is 64.5. The maximum Gasteiger partial charge on any atom is 0.232 e. The lowest BCUT2D eigenvalue weighted by atomic mass is 10.3. The van der Waals surface area contributed by atoms with Gasteiger partial charge >= 0.3 is 0 Å². The predicted molar refractivity (Wildman–Crippen MR) is 69.4 cm³/mol. The van der Waals surface area contributed by atoms with Crippen LogP contribution in [0.25, 0.3) is 0 Å². The van der Waals surface area contributed by atoms with Crippen molar-refractivity contribution in [3.8, 4) is 0 Å². The Morgan fingerprint density at radius 2 is 1.90 bits per heavy atom. The van der Waals surface area contributed by atoms with E-state index in [2.05, 4.69) is 5.32 Å². The smallest absolute Gasteiger partial charge is 0.232 e. The second-order valence-corrected chi connectivity index (χ2v) is 6.59. The van der Waals surface area contributed by atoms with Crippen molar-refractivity contribution in [1.82, 2.24) is 5.32 Å². The Kier molecular flexibility index (Phi) is 4.54. The van der Waals surface area contributed by atoms with Crippen LogP contribution in [0.5, 0.6) is 0 Å². The van der Waals surface area contributed by atoms with Gasteiger partial charge < -0.3 is 5.32 Å². The van der Waals surface area contributed by atoms with Crippen molar-refractivity contribution in [3.63, 3.8) is 0 Å². The Morgan fingerprint density at radius 3 is 2.55 bits per heavy atom. The van der Waals surface area contributed by atoms with Gasteiger partial charge in [-0.1, -0.05) is 0 Å². The second-order valence-electron chi connectivity index (χ2n) is 4.75. The van der Waals surface area contributed by atoms with Gasteiger partial charge in [0.1, 0.15) is 5.82 Å². The summed E-state index contributed by atoms with van der Waals surface area (Å²) in [4.78, 5) is 0. The van der Waals surface area contributed by atoms with E-state index in [9.17, 15) is 21.6 Å². The molecule has 2 N–H and O–H groups in total. The molecule has 0 heterocycles. The first-order valence-corrected chi connectivity index (χ1v) is 7.91. The van der Waals surface area contributed by atoms with Gasteiger partial charge in [0.05, 0.1) is 11.4 Å². The number of nitrogens with one attached hydrogen (secondary N) is 2. The minimum atomic E-state index is -3.83. The van der Waals surface area contributed by atoms with Crippen LogP contribution < -0.4 is 10.0 Å². The molecule has 0 bridgehead atoms. The molecular weight excluding hydrogens is 293 g/mol. The van der Waals surface area contributed by atoms with Gasteiger partial charge in [0, 0.05) is 18.2 Å². The maximum absolute atomic E-state index is 13.3. The zero-order valence-electron chi connectivity index (χ0n) is 10.6. The fourth-order valence-corrected chi connectivity index (χ4v) is 2.81. The molecular formula is C12H15F3N2O2S. The number of sulfonamides is 1. The molecule has 20 heavy (non-hydrogen) atoms. The Bertz CT molecular complexity index is 589. The molecule has 112 valence electrons. The van der Waals surface area contributed by atoms with E-state index >= 15 is 0 Å². The first kappa shape index (κ1) is 15.1. The van der Waals surface area contributed by atoms with Gasteiger partial charge in [-0.25, -0.2) is 21.6 Å². The SMILES string of the molecule is O=S(=O)(CCCNC1CC1)Nc1cc(F)cc(F)c1F. The van der Waals surface area contributed by atoms with Gasteiger partial charge in [-0.05, 0) is 25.8 Å². The molecule has 1 aromatic carbocycles. The van der Waals surface area contributed by atoms with Crippen LogP contribution in [-0.2, 0) is 10.0 Å². The third-order valence-corrected chi connectivity index (χ3v) is 4.22. The van der Waals surface area contributed by atoms with Gasteiger partial charge in [0.2, 0.25) is 10.0 Å². The van der Waals surface area contributed by atoms with Gasteiger partial charge in [0.15, 0.2) is 11.6 Å². The molecule has 2 rings (SSSR count). The number of halogens is 3. The molecule has 1 aliphatic rings. The van der Waals surface area contributed by atoms with Crippen molar-refractivity contribution in [3.05, 3.63) is 29.6 Å². The van der Waals surface area contributed by atoms with E-state index < -0.39 is 33.2 Å². The average molecular weight is 308 g/mol. The summed E-state index contributed by atoms with van der Waals surface area (Å²) in [7, 11) is -3.83. The van der Waals surface area contributed by atoms with Gasteiger partial charge in [0.25, 0.3) is 0 Å². The Labute approximate surface area is 115 Å². The molecule has 1 fully saturated rings. The molecule has 1 aliphatic carbocycles. The zero-order valence-corrected chi connectivity index (χ0v) is 11.4. The molecule has 1 saturated carbocycles. The summed E-state index contributed by atoms with van der Waals surface area (Å²) in [6, 6.07) is 1.44. The molecule has 8 heteroatoms. The highest BCUT2D eigenvalue weighted by molar-refractivity contribution is 7.92. The van der Waals surface area contributed by atoms with E-state index in [-0.39, 0.29) is 5.75 Å². The molecule has 0 amide bonds. The predicted octanol–water partition coefficient (Wildman–Crippen LogP) is 1.99. The second kappa shape index (κ2) is 6.01. The summed E-state index contributed by atoms with van der Waals surface area (Å²) >= 11 is 0. The fraction of sp³-hybridized carbons (Fsp3) is 0.500. The van der Waals surface area contributed by atoms with E-state index in [0.29, 0.717) is 31.1 Å². The summed E-state index contributed by atoms with van der Waals surface area (Å²) in [5.74, 6) is -4.13. The summed E-state index contributed by atoms with van der Waals surface area (Å²) in [6.07, 6.45) is 2.53. The molecule has 0 saturated heterocycles. The van der Waals surface area contributed by atoms with Crippen molar-refractivity contribution in [2.45, 2.75) is 25.3 Å². The Balaban J connectivity index is 1.92. The van der Waals surface area contributed by atoms with Crippen molar-refractivity contribution in [2.75, 3.05) is 17.0 Å². The van der Waals surface area contributed by atoms with Gasteiger partial charge in [-0.3, -0.25) is 4.72 Å².